The maximum atomic E-state index is 12.4. The van der Waals surface area contributed by atoms with Crippen LogP contribution in [0.15, 0.2) is 41.6 Å². The molecule has 0 aromatic heterocycles. The number of aryl methyl sites for hydroxylation is 2. The molecule has 0 saturated heterocycles. The topological polar surface area (TPSA) is 47.9 Å². The quantitative estimate of drug-likeness (QED) is 0.555. The third-order valence-corrected chi connectivity index (χ3v) is 5.02. The molecule has 1 aliphatic carbocycles. The number of oxime groups is 1. The number of hydrogen-bond donors (Lipinski definition) is 0. The van der Waals surface area contributed by atoms with Crippen molar-refractivity contribution in [2.75, 3.05) is 7.11 Å². The van der Waals surface area contributed by atoms with Crippen LogP contribution < -0.4 is 4.74 Å². The van der Waals surface area contributed by atoms with E-state index in [0.29, 0.717) is 5.56 Å². The number of fused-ring (bicyclic) bond motifs is 1. The zero-order chi connectivity index (χ0) is 19.6. The van der Waals surface area contributed by atoms with Crippen molar-refractivity contribution in [2.45, 2.75) is 52.4 Å². The van der Waals surface area contributed by atoms with E-state index in [4.69, 9.17) is 9.57 Å². The van der Waals surface area contributed by atoms with Crippen molar-refractivity contribution in [1.82, 2.24) is 0 Å². The minimum Gasteiger partial charge on any atom is -0.496 e. The van der Waals surface area contributed by atoms with E-state index in [2.05, 4.69) is 38.1 Å². The summed E-state index contributed by atoms with van der Waals surface area (Å²) in [6.07, 6.45) is 2.76. The van der Waals surface area contributed by atoms with Gasteiger partial charge in [0.2, 0.25) is 0 Å². The molecule has 4 heteroatoms. The molecule has 27 heavy (non-hydrogen) atoms. The maximum absolute atomic E-state index is 12.4. The van der Waals surface area contributed by atoms with Gasteiger partial charge in [0.15, 0.2) is 0 Å². The summed E-state index contributed by atoms with van der Waals surface area (Å²) in [7, 11) is 1.68. The van der Waals surface area contributed by atoms with Crippen molar-refractivity contribution in [3.63, 3.8) is 0 Å². The minimum absolute atomic E-state index is 0.0490. The van der Waals surface area contributed by atoms with Gasteiger partial charge in [0.1, 0.15) is 5.75 Å². The van der Waals surface area contributed by atoms with Crippen molar-refractivity contribution >= 4 is 11.7 Å². The second-order valence-electron chi connectivity index (χ2n) is 8.08. The fourth-order valence-electron chi connectivity index (χ4n) is 3.36. The minimum atomic E-state index is -0.430. The second kappa shape index (κ2) is 7.55. The van der Waals surface area contributed by atoms with E-state index in [-0.39, 0.29) is 5.41 Å². The molecular weight excluding hydrogens is 338 g/mol. The molecule has 0 unspecified atom stereocenters. The van der Waals surface area contributed by atoms with Gasteiger partial charge in [-0.1, -0.05) is 38.1 Å². The van der Waals surface area contributed by atoms with Crippen LogP contribution in [0, 0.1) is 6.92 Å². The summed E-state index contributed by atoms with van der Waals surface area (Å²) in [5.41, 5.74) is 5.85. The summed E-state index contributed by atoms with van der Waals surface area (Å²) in [5, 5.41) is 4.19. The Balaban J connectivity index is 1.79. The zero-order valence-corrected chi connectivity index (χ0v) is 16.8. The molecule has 0 radical (unpaired) electrons. The molecular formula is C23H27NO3. The van der Waals surface area contributed by atoms with Crippen LogP contribution in [0.25, 0.3) is 0 Å². The lowest BCUT2D eigenvalue weighted by atomic mass is 9.87. The fraction of sp³-hybridized carbons (Fsp3) is 0.391. The van der Waals surface area contributed by atoms with Gasteiger partial charge < -0.3 is 9.57 Å². The highest BCUT2D eigenvalue weighted by Crippen LogP contribution is 2.29. The first-order valence-electron chi connectivity index (χ1n) is 9.36. The third-order valence-electron chi connectivity index (χ3n) is 5.02. The molecule has 0 aliphatic heterocycles. The van der Waals surface area contributed by atoms with Gasteiger partial charge in [0.05, 0.1) is 18.4 Å². The van der Waals surface area contributed by atoms with E-state index in [1.807, 2.05) is 19.1 Å². The second-order valence-corrected chi connectivity index (χ2v) is 8.08. The Hall–Kier alpha value is -2.62. The average molecular weight is 365 g/mol. The summed E-state index contributed by atoms with van der Waals surface area (Å²) in [6.45, 7) is 8.44. The number of carbonyl (C=O) groups excluding carboxylic acids is 1. The van der Waals surface area contributed by atoms with Crippen LogP contribution in [0.2, 0.25) is 0 Å². The zero-order valence-electron chi connectivity index (χ0n) is 16.8. The van der Waals surface area contributed by atoms with Gasteiger partial charge in [-0.05, 0) is 72.6 Å². The van der Waals surface area contributed by atoms with Crippen molar-refractivity contribution in [3.05, 3.63) is 64.2 Å². The van der Waals surface area contributed by atoms with Crippen LogP contribution >= 0.6 is 0 Å². The van der Waals surface area contributed by atoms with Gasteiger partial charge >= 0.3 is 5.97 Å². The number of benzene rings is 2. The highest BCUT2D eigenvalue weighted by Gasteiger charge is 2.20. The first-order chi connectivity index (χ1) is 12.8. The normalized spacial score (nSPS) is 15.4. The lowest BCUT2D eigenvalue weighted by Crippen LogP contribution is -2.14. The Morgan fingerprint density at radius 1 is 1.07 bits per heavy atom. The molecule has 3 rings (SSSR count). The molecule has 0 amide bonds. The summed E-state index contributed by atoms with van der Waals surface area (Å²) < 4.78 is 5.41. The molecule has 142 valence electrons. The number of nitrogens with zero attached hydrogens (tertiary/aromatic N) is 1. The molecule has 1 aliphatic rings. The molecule has 0 spiro atoms. The lowest BCUT2D eigenvalue weighted by Gasteiger charge is -2.20. The summed E-state index contributed by atoms with van der Waals surface area (Å²) in [6, 6.07) is 11.7. The molecule has 0 heterocycles. The molecule has 0 saturated carbocycles. The smallest absolute Gasteiger partial charge is 0.365 e. The van der Waals surface area contributed by atoms with Crippen molar-refractivity contribution < 1.29 is 14.4 Å². The predicted molar refractivity (Wildman–Crippen MR) is 108 cm³/mol. The van der Waals surface area contributed by atoms with E-state index in [1.54, 1.807) is 19.2 Å². The fourth-order valence-corrected chi connectivity index (χ4v) is 3.36. The highest BCUT2D eigenvalue weighted by atomic mass is 16.7. The van der Waals surface area contributed by atoms with Crippen molar-refractivity contribution in [1.29, 1.82) is 0 Å². The van der Waals surface area contributed by atoms with E-state index in [0.717, 1.165) is 41.9 Å². The van der Waals surface area contributed by atoms with E-state index in [1.165, 1.54) is 11.1 Å². The molecule has 2 aromatic carbocycles. The van der Waals surface area contributed by atoms with Gasteiger partial charge in [-0.15, -0.1) is 0 Å². The van der Waals surface area contributed by atoms with Gasteiger partial charge in [0.25, 0.3) is 0 Å². The summed E-state index contributed by atoms with van der Waals surface area (Å²) in [5.74, 6) is 0.450. The first-order valence-corrected chi connectivity index (χ1v) is 9.36. The number of hydrogen-bond acceptors (Lipinski definition) is 4. The van der Waals surface area contributed by atoms with Gasteiger partial charge in [0, 0.05) is 5.56 Å². The standard InChI is InChI=1S/C23H27NO3/c1-15-13-19-17(14-21(15)26-5)7-6-8-20(19)24-27-22(25)16-9-11-18(12-10-16)23(2,3)4/h9-14H,6-8H2,1-5H3/b24-20-. The van der Waals surface area contributed by atoms with Crippen LogP contribution in [0.5, 0.6) is 5.75 Å². The monoisotopic (exact) mass is 365 g/mol. The number of carbonyl (C=O) groups is 1. The molecule has 0 N–H and O–H groups in total. The SMILES string of the molecule is COc1cc2c(cc1C)/C(=N\OC(=O)c1ccc(C(C)(C)C)cc1)CCC2. The van der Waals surface area contributed by atoms with Gasteiger partial charge in [-0.2, -0.15) is 0 Å². The van der Waals surface area contributed by atoms with E-state index < -0.39 is 5.97 Å². The largest absolute Gasteiger partial charge is 0.496 e. The van der Waals surface area contributed by atoms with Gasteiger partial charge in [-0.3, -0.25) is 0 Å². The Morgan fingerprint density at radius 2 is 1.78 bits per heavy atom. The van der Waals surface area contributed by atoms with Crippen LogP contribution in [-0.2, 0) is 16.7 Å². The van der Waals surface area contributed by atoms with Crippen LogP contribution in [0.4, 0.5) is 0 Å². The van der Waals surface area contributed by atoms with Crippen molar-refractivity contribution in [3.8, 4) is 5.75 Å². The predicted octanol–water partition coefficient (Wildman–Crippen LogP) is 5.20. The molecule has 2 aromatic rings. The Kier molecular flexibility index (Phi) is 5.36. The molecule has 0 fully saturated rings. The Bertz CT molecular complexity index is 874. The van der Waals surface area contributed by atoms with Crippen LogP contribution in [0.3, 0.4) is 0 Å². The summed E-state index contributed by atoms with van der Waals surface area (Å²) in [4.78, 5) is 17.6. The lowest BCUT2D eigenvalue weighted by molar-refractivity contribution is 0.0515. The van der Waals surface area contributed by atoms with Gasteiger partial charge in [-0.25, -0.2) is 4.79 Å². The van der Waals surface area contributed by atoms with E-state index in [9.17, 15) is 4.79 Å². The summed E-state index contributed by atoms with van der Waals surface area (Å²) >= 11 is 0. The number of ether oxygens (including phenoxy) is 1. The van der Waals surface area contributed by atoms with Crippen LogP contribution in [-0.4, -0.2) is 18.8 Å². The molecule has 0 atom stereocenters. The van der Waals surface area contributed by atoms with Crippen molar-refractivity contribution in [2.24, 2.45) is 5.16 Å². The average Bonchev–Trinajstić information content (AvgIpc) is 2.65. The Labute approximate surface area is 161 Å². The third kappa shape index (κ3) is 4.21. The number of methoxy groups -OCH3 is 1. The van der Waals surface area contributed by atoms with Crippen LogP contribution in [0.1, 0.15) is 66.2 Å². The Morgan fingerprint density at radius 3 is 2.41 bits per heavy atom. The molecule has 4 nitrogen and oxygen atoms in total. The maximum Gasteiger partial charge on any atom is 0.365 e. The first kappa shape index (κ1) is 19.2. The molecule has 0 bridgehead atoms. The highest BCUT2D eigenvalue weighted by molar-refractivity contribution is 6.03. The van der Waals surface area contributed by atoms with E-state index >= 15 is 0 Å². The number of rotatable bonds is 3.